The molecule has 0 spiro atoms. The van der Waals surface area contributed by atoms with Crippen LogP contribution in [0.4, 0.5) is 0 Å². The first-order chi connectivity index (χ1) is 37.2. The zero-order valence-corrected chi connectivity index (χ0v) is 50.2. The number of carbonyl (C=O) groups is 3. The summed E-state index contributed by atoms with van der Waals surface area (Å²) in [5, 5.41) is 20.4. The molecule has 0 fully saturated rings. The molecule has 0 saturated carbocycles. The van der Waals surface area contributed by atoms with Crippen LogP contribution in [-0.4, -0.2) is 95.9 Å². The van der Waals surface area contributed by atoms with E-state index in [1.165, 1.54) is 109 Å². The standard InChI is InChI=1S/C59H110O16P2/c1-4-7-10-13-16-19-22-24-26-28-31-33-36-39-42-45-57(62)69-48-54(60)49-71-76(65,66)72-50-55(61)51-73-77(67,68)74-53-56(75-59(64)47-44-41-38-35-30-21-18-15-12-9-6-3)52-70-58(63)46-43-40-37-34-32-29-27-25-23-20-17-14-11-8-5-2/h7,10,16,19,24,26,54-56,60-61H,4-6,8-9,11-15,17-18,20-23,25,27-53H2,1-3H3,(H,65,66)(H,67,68)/b10-7-,19-16-,26-24-. The Morgan fingerprint density at radius 2 is 0.688 bits per heavy atom. The van der Waals surface area contributed by atoms with Crippen molar-refractivity contribution in [3.8, 4) is 0 Å². The molecule has 0 bridgehead atoms. The lowest BCUT2D eigenvalue weighted by molar-refractivity contribution is -0.161. The number of unbranched alkanes of at least 4 members (excludes halogenated alkanes) is 29. The number of rotatable bonds is 58. The van der Waals surface area contributed by atoms with Gasteiger partial charge in [-0.05, 0) is 51.4 Å². The van der Waals surface area contributed by atoms with Crippen molar-refractivity contribution in [1.82, 2.24) is 0 Å². The Morgan fingerprint density at radius 3 is 1.09 bits per heavy atom. The van der Waals surface area contributed by atoms with Gasteiger partial charge in [0.1, 0.15) is 25.4 Å². The third-order valence-corrected chi connectivity index (χ3v) is 14.8. The minimum Gasteiger partial charge on any atom is -0.463 e. The Hall–Kier alpha value is -2.23. The number of carbonyl (C=O) groups excluding carboxylic acids is 3. The minimum absolute atomic E-state index is 0.112. The van der Waals surface area contributed by atoms with Crippen molar-refractivity contribution in [2.45, 2.75) is 283 Å². The molecule has 0 heterocycles. The first-order valence-corrected chi connectivity index (χ1v) is 33.3. The molecule has 0 rings (SSSR count). The Labute approximate surface area is 466 Å². The highest BCUT2D eigenvalue weighted by Gasteiger charge is 2.29. The maximum absolute atomic E-state index is 12.8. The topological polar surface area (TPSA) is 231 Å². The first-order valence-electron chi connectivity index (χ1n) is 30.3. The summed E-state index contributed by atoms with van der Waals surface area (Å²) >= 11 is 0. The van der Waals surface area contributed by atoms with Crippen LogP contribution >= 0.6 is 15.6 Å². The van der Waals surface area contributed by atoms with Crippen LogP contribution in [0, 0.1) is 0 Å². The second-order valence-electron chi connectivity index (χ2n) is 20.5. The highest BCUT2D eigenvalue weighted by atomic mass is 31.2. The van der Waals surface area contributed by atoms with Gasteiger partial charge >= 0.3 is 33.6 Å². The SMILES string of the molecule is CC/C=C\C/C=C\C/C=C\CCCCCCCC(=O)OCC(O)COP(=O)(O)OCC(O)COP(=O)(O)OCC(COC(=O)CCCCCCCCCCCCCCCCC)OC(=O)CCCCCCCCCCCCC. The van der Waals surface area contributed by atoms with Crippen LogP contribution in [0.2, 0.25) is 0 Å². The second kappa shape index (κ2) is 54.4. The molecule has 0 amide bonds. The lowest BCUT2D eigenvalue weighted by atomic mass is 10.0. The van der Waals surface area contributed by atoms with Gasteiger partial charge in [-0.1, -0.05) is 231 Å². The fraction of sp³-hybridized carbons (Fsp3) is 0.847. The van der Waals surface area contributed by atoms with Gasteiger partial charge in [0, 0.05) is 19.3 Å². The molecular formula is C59H110O16P2. The maximum atomic E-state index is 12.8. The fourth-order valence-corrected chi connectivity index (χ4v) is 9.82. The summed E-state index contributed by atoms with van der Waals surface area (Å²) in [6.45, 7) is 2.54. The number of aliphatic hydroxyl groups is 2. The van der Waals surface area contributed by atoms with Gasteiger partial charge in [-0.25, -0.2) is 9.13 Å². The van der Waals surface area contributed by atoms with Gasteiger partial charge in [0.2, 0.25) is 0 Å². The Morgan fingerprint density at radius 1 is 0.377 bits per heavy atom. The second-order valence-corrected chi connectivity index (χ2v) is 23.4. The van der Waals surface area contributed by atoms with Crippen LogP contribution < -0.4 is 0 Å². The fourth-order valence-electron chi connectivity index (χ4n) is 8.23. The van der Waals surface area contributed by atoms with E-state index in [2.05, 4.69) is 57.2 Å². The third-order valence-electron chi connectivity index (χ3n) is 12.9. The van der Waals surface area contributed by atoms with E-state index < -0.39 is 91.5 Å². The molecule has 0 aromatic rings. The van der Waals surface area contributed by atoms with Crippen LogP contribution in [0.15, 0.2) is 36.5 Å². The minimum atomic E-state index is -4.90. The van der Waals surface area contributed by atoms with Crippen LogP contribution in [0.25, 0.3) is 0 Å². The van der Waals surface area contributed by atoms with Gasteiger partial charge in [-0.2, -0.15) is 0 Å². The molecule has 0 aromatic carbocycles. The molecule has 0 saturated heterocycles. The van der Waals surface area contributed by atoms with Crippen molar-refractivity contribution in [3.05, 3.63) is 36.5 Å². The van der Waals surface area contributed by atoms with E-state index in [0.717, 1.165) is 96.3 Å². The normalized spacial score (nSPS) is 14.7. The predicted molar refractivity (Wildman–Crippen MR) is 307 cm³/mol. The number of phosphoric ester groups is 2. The quantitative estimate of drug-likeness (QED) is 0.0146. The average molecular weight is 1140 g/mol. The summed E-state index contributed by atoms with van der Waals surface area (Å²) in [5.41, 5.74) is 0. The number of allylic oxidation sites excluding steroid dienone is 6. The van der Waals surface area contributed by atoms with E-state index in [0.29, 0.717) is 19.3 Å². The number of ether oxygens (including phenoxy) is 3. The molecule has 77 heavy (non-hydrogen) atoms. The van der Waals surface area contributed by atoms with Crippen molar-refractivity contribution >= 4 is 33.6 Å². The number of esters is 3. The van der Waals surface area contributed by atoms with Gasteiger partial charge in [0.15, 0.2) is 6.10 Å². The van der Waals surface area contributed by atoms with E-state index in [9.17, 15) is 43.5 Å². The summed E-state index contributed by atoms with van der Waals surface area (Å²) in [7, 11) is -9.74. The van der Waals surface area contributed by atoms with Crippen molar-refractivity contribution < 1.29 is 75.8 Å². The predicted octanol–water partition coefficient (Wildman–Crippen LogP) is 15.5. The number of phosphoric acid groups is 2. The summed E-state index contributed by atoms with van der Waals surface area (Å²) in [6.07, 6.45) is 47.9. The van der Waals surface area contributed by atoms with E-state index in [-0.39, 0.29) is 19.3 Å². The number of hydrogen-bond donors (Lipinski definition) is 4. The molecule has 0 aliphatic heterocycles. The summed E-state index contributed by atoms with van der Waals surface area (Å²) in [5.74, 6) is -1.57. The summed E-state index contributed by atoms with van der Waals surface area (Å²) < 4.78 is 60.6. The molecule has 0 radical (unpaired) electrons. The zero-order valence-electron chi connectivity index (χ0n) is 48.4. The van der Waals surface area contributed by atoms with Crippen molar-refractivity contribution in [1.29, 1.82) is 0 Å². The van der Waals surface area contributed by atoms with Gasteiger partial charge in [-0.15, -0.1) is 0 Å². The number of aliphatic hydroxyl groups excluding tert-OH is 2. The van der Waals surface area contributed by atoms with Gasteiger partial charge in [-0.3, -0.25) is 32.5 Å². The van der Waals surface area contributed by atoms with E-state index in [4.69, 9.17) is 32.3 Å². The third kappa shape index (κ3) is 55.5. The van der Waals surface area contributed by atoms with Gasteiger partial charge in [0.05, 0.1) is 26.4 Å². The molecule has 16 nitrogen and oxygen atoms in total. The molecule has 452 valence electrons. The maximum Gasteiger partial charge on any atom is 0.472 e. The van der Waals surface area contributed by atoms with Crippen LogP contribution in [0.1, 0.15) is 265 Å². The highest BCUT2D eigenvalue weighted by molar-refractivity contribution is 7.47. The Kier molecular flexibility index (Phi) is 52.8. The van der Waals surface area contributed by atoms with Crippen LogP contribution in [0.5, 0.6) is 0 Å². The molecule has 0 aliphatic carbocycles. The molecule has 4 N–H and O–H groups in total. The zero-order chi connectivity index (χ0) is 56.8. The van der Waals surface area contributed by atoms with Crippen molar-refractivity contribution in [2.24, 2.45) is 0 Å². The monoisotopic (exact) mass is 1140 g/mol. The molecule has 0 aliphatic rings. The van der Waals surface area contributed by atoms with E-state index in [1.54, 1.807) is 0 Å². The van der Waals surface area contributed by atoms with Crippen molar-refractivity contribution in [2.75, 3.05) is 39.6 Å². The van der Waals surface area contributed by atoms with Crippen LogP contribution in [-0.2, 0) is 55.8 Å². The summed E-state index contributed by atoms with van der Waals surface area (Å²) in [4.78, 5) is 58.0. The first kappa shape index (κ1) is 74.8. The molecule has 0 aromatic heterocycles. The molecule has 5 atom stereocenters. The smallest absolute Gasteiger partial charge is 0.463 e. The van der Waals surface area contributed by atoms with E-state index in [1.807, 2.05) is 0 Å². The van der Waals surface area contributed by atoms with Crippen LogP contribution in [0.3, 0.4) is 0 Å². The Balaban J connectivity index is 4.64. The number of hydrogen-bond acceptors (Lipinski definition) is 14. The van der Waals surface area contributed by atoms with Gasteiger partial charge in [0.25, 0.3) is 0 Å². The van der Waals surface area contributed by atoms with Gasteiger partial charge < -0.3 is 34.2 Å². The molecular weight excluding hydrogens is 1030 g/mol. The lowest BCUT2D eigenvalue weighted by Crippen LogP contribution is -2.30. The Bertz CT molecular complexity index is 1570. The lowest BCUT2D eigenvalue weighted by Gasteiger charge is -2.21. The molecule has 5 unspecified atom stereocenters. The average Bonchev–Trinajstić information content (AvgIpc) is 3.40. The summed E-state index contributed by atoms with van der Waals surface area (Å²) in [6, 6.07) is 0. The highest BCUT2D eigenvalue weighted by Crippen LogP contribution is 2.45. The largest absolute Gasteiger partial charge is 0.472 e. The van der Waals surface area contributed by atoms with Crippen molar-refractivity contribution in [3.63, 3.8) is 0 Å². The molecule has 18 heteroatoms. The van der Waals surface area contributed by atoms with E-state index >= 15 is 0 Å².